The van der Waals surface area contributed by atoms with Crippen molar-refractivity contribution in [2.24, 2.45) is 5.73 Å². The molecule has 0 aliphatic carbocycles. The van der Waals surface area contributed by atoms with E-state index in [0.29, 0.717) is 0 Å². The van der Waals surface area contributed by atoms with Crippen LogP contribution in [0.25, 0.3) is 16.7 Å². The molecule has 0 spiro atoms. The molecule has 2 heterocycles. The maximum atomic E-state index is 11.6. The zero-order chi connectivity index (χ0) is 13.7. The van der Waals surface area contributed by atoms with Crippen molar-refractivity contribution in [3.05, 3.63) is 54.4 Å². The van der Waals surface area contributed by atoms with E-state index in [2.05, 4.69) is 10.3 Å². The van der Waals surface area contributed by atoms with Gasteiger partial charge in [-0.2, -0.15) is 0 Å². The van der Waals surface area contributed by atoms with Gasteiger partial charge in [0.05, 0.1) is 11.0 Å². The minimum Gasteiger partial charge on any atom is -0.324 e. The molecular formula is C15H12N4O. The van der Waals surface area contributed by atoms with Gasteiger partial charge >= 0.3 is 0 Å². The topological polar surface area (TPSA) is 72.9 Å². The van der Waals surface area contributed by atoms with E-state index in [1.54, 1.807) is 6.33 Å². The number of nitrogens with one attached hydrogen (secondary N) is 1. The molecule has 5 heteroatoms. The van der Waals surface area contributed by atoms with Gasteiger partial charge in [0.1, 0.15) is 12.4 Å². The first-order valence-corrected chi connectivity index (χ1v) is 6.37. The lowest BCUT2D eigenvalue weighted by molar-refractivity contribution is -0.116. The molecule has 1 amide bonds. The van der Waals surface area contributed by atoms with Gasteiger partial charge in [-0.25, -0.2) is 4.98 Å². The molecule has 20 heavy (non-hydrogen) atoms. The molecule has 0 saturated heterocycles. The van der Waals surface area contributed by atoms with Gasteiger partial charge in [0.2, 0.25) is 5.91 Å². The third-order valence-corrected chi connectivity index (χ3v) is 3.64. The Balaban J connectivity index is 1.88. The van der Waals surface area contributed by atoms with E-state index in [1.165, 1.54) is 0 Å². The van der Waals surface area contributed by atoms with Gasteiger partial charge in [-0.3, -0.25) is 9.36 Å². The maximum absolute atomic E-state index is 11.6. The number of fused-ring (bicyclic) bond motifs is 2. The van der Waals surface area contributed by atoms with Crippen LogP contribution >= 0.6 is 0 Å². The second kappa shape index (κ2) is 3.91. The largest absolute Gasteiger partial charge is 0.324 e. The molecule has 1 unspecified atom stereocenters. The van der Waals surface area contributed by atoms with Crippen molar-refractivity contribution >= 4 is 22.6 Å². The third kappa shape index (κ3) is 1.47. The fourth-order valence-corrected chi connectivity index (χ4v) is 2.59. The molecule has 4 rings (SSSR count). The average Bonchev–Trinajstić information content (AvgIpc) is 3.01. The molecule has 1 aliphatic heterocycles. The van der Waals surface area contributed by atoms with Gasteiger partial charge in [0.15, 0.2) is 0 Å². The summed E-state index contributed by atoms with van der Waals surface area (Å²) in [6, 6.07) is 13.1. The Bertz CT molecular complexity index is 837. The first kappa shape index (κ1) is 11.2. The average molecular weight is 264 g/mol. The van der Waals surface area contributed by atoms with Crippen LogP contribution in [-0.2, 0) is 4.79 Å². The van der Waals surface area contributed by atoms with Gasteiger partial charge in [0, 0.05) is 16.9 Å². The first-order chi connectivity index (χ1) is 9.74. The molecule has 98 valence electrons. The summed E-state index contributed by atoms with van der Waals surface area (Å²) in [4.78, 5) is 16.0. The summed E-state index contributed by atoms with van der Waals surface area (Å²) < 4.78 is 1.99. The highest BCUT2D eigenvalue weighted by Gasteiger charge is 2.27. The highest BCUT2D eigenvalue weighted by Crippen LogP contribution is 2.31. The van der Waals surface area contributed by atoms with E-state index in [4.69, 9.17) is 5.73 Å². The second-order valence-electron chi connectivity index (χ2n) is 4.84. The van der Waals surface area contributed by atoms with Crippen molar-refractivity contribution < 1.29 is 4.79 Å². The van der Waals surface area contributed by atoms with Crippen molar-refractivity contribution in [2.75, 3.05) is 5.32 Å². The number of aromatic nitrogens is 2. The van der Waals surface area contributed by atoms with Crippen LogP contribution in [0.2, 0.25) is 0 Å². The highest BCUT2D eigenvalue weighted by atomic mass is 16.2. The maximum Gasteiger partial charge on any atom is 0.245 e. The van der Waals surface area contributed by atoms with Gasteiger partial charge in [-0.1, -0.05) is 18.2 Å². The summed E-state index contributed by atoms with van der Waals surface area (Å²) in [5.74, 6) is -0.160. The smallest absolute Gasteiger partial charge is 0.245 e. The number of para-hydroxylation sites is 2. The Hall–Kier alpha value is -2.66. The molecule has 0 fully saturated rings. The van der Waals surface area contributed by atoms with Crippen molar-refractivity contribution in [3.63, 3.8) is 0 Å². The van der Waals surface area contributed by atoms with Crippen molar-refractivity contribution in [3.8, 4) is 5.69 Å². The number of rotatable bonds is 1. The third-order valence-electron chi connectivity index (χ3n) is 3.64. The monoisotopic (exact) mass is 264 g/mol. The highest BCUT2D eigenvalue weighted by molar-refractivity contribution is 6.02. The van der Waals surface area contributed by atoms with E-state index in [9.17, 15) is 4.79 Å². The summed E-state index contributed by atoms with van der Waals surface area (Å²) in [6.07, 6.45) is 1.78. The molecular weight excluding hydrogens is 252 g/mol. The lowest BCUT2D eigenvalue weighted by Gasteiger charge is -2.07. The lowest BCUT2D eigenvalue weighted by Crippen LogP contribution is -2.19. The van der Waals surface area contributed by atoms with Crippen LogP contribution in [0.4, 0.5) is 5.69 Å². The molecule has 2 aromatic carbocycles. The molecule has 1 aromatic heterocycles. The predicted molar refractivity (Wildman–Crippen MR) is 76.6 cm³/mol. The van der Waals surface area contributed by atoms with E-state index < -0.39 is 6.04 Å². The number of carbonyl (C=O) groups is 1. The first-order valence-electron chi connectivity index (χ1n) is 6.37. The molecule has 3 N–H and O–H groups in total. The minimum absolute atomic E-state index is 0.160. The number of benzene rings is 2. The molecule has 0 bridgehead atoms. The molecule has 5 nitrogen and oxygen atoms in total. The van der Waals surface area contributed by atoms with Crippen LogP contribution in [0.5, 0.6) is 0 Å². The number of nitrogens with zero attached hydrogens (tertiary/aromatic N) is 2. The number of carbonyl (C=O) groups excluding carboxylic acids is 1. The predicted octanol–water partition coefficient (Wildman–Crippen LogP) is 1.98. The number of hydrogen-bond acceptors (Lipinski definition) is 3. The van der Waals surface area contributed by atoms with E-state index in [1.807, 2.05) is 47.0 Å². The second-order valence-corrected chi connectivity index (χ2v) is 4.84. The SMILES string of the molecule is NC1C(=O)Nc2cc(-n3cnc4ccccc43)ccc21. The van der Waals surface area contributed by atoms with Gasteiger partial charge < -0.3 is 11.1 Å². The van der Waals surface area contributed by atoms with E-state index >= 15 is 0 Å². The van der Waals surface area contributed by atoms with Crippen LogP contribution in [0, 0.1) is 0 Å². The lowest BCUT2D eigenvalue weighted by atomic mass is 10.1. The van der Waals surface area contributed by atoms with Crippen molar-refractivity contribution in [1.82, 2.24) is 9.55 Å². The van der Waals surface area contributed by atoms with Crippen molar-refractivity contribution in [2.45, 2.75) is 6.04 Å². The summed E-state index contributed by atoms with van der Waals surface area (Å²) in [6.45, 7) is 0. The van der Waals surface area contributed by atoms with Gasteiger partial charge in [-0.15, -0.1) is 0 Å². The van der Waals surface area contributed by atoms with Crippen LogP contribution in [-0.4, -0.2) is 15.5 Å². The standard InChI is InChI=1S/C15H12N4O/c16-14-10-6-5-9(7-12(10)18-15(14)20)19-8-17-11-3-1-2-4-13(11)19/h1-8,14H,16H2,(H,18,20). The fourth-order valence-electron chi connectivity index (χ4n) is 2.59. The summed E-state index contributed by atoms with van der Waals surface area (Å²) >= 11 is 0. The molecule has 3 aromatic rings. The van der Waals surface area contributed by atoms with E-state index in [0.717, 1.165) is 28.0 Å². The van der Waals surface area contributed by atoms with Crippen LogP contribution < -0.4 is 11.1 Å². The zero-order valence-electron chi connectivity index (χ0n) is 10.6. The molecule has 0 saturated carbocycles. The van der Waals surface area contributed by atoms with Crippen molar-refractivity contribution in [1.29, 1.82) is 0 Å². The van der Waals surface area contributed by atoms with Crippen LogP contribution in [0.15, 0.2) is 48.8 Å². The van der Waals surface area contributed by atoms with Crippen LogP contribution in [0.3, 0.4) is 0 Å². The molecule has 1 atom stereocenters. The van der Waals surface area contributed by atoms with E-state index in [-0.39, 0.29) is 5.91 Å². The zero-order valence-corrected chi connectivity index (χ0v) is 10.6. The Kier molecular flexibility index (Phi) is 2.19. The number of imidazole rings is 1. The molecule has 1 aliphatic rings. The Morgan fingerprint density at radius 2 is 2.05 bits per heavy atom. The summed E-state index contributed by atoms with van der Waals surface area (Å²) in [5, 5.41) is 2.80. The summed E-state index contributed by atoms with van der Waals surface area (Å²) in [7, 11) is 0. The molecule has 0 radical (unpaired) electrons. The fraction of sp³-hybridized carbons (Fsp3) is 0.0667. The minimum atomic E-state index is -0.571. The normalized spacial score (nSPS) is 17.2. The number of hydrogen-bond donors (Lipinski definition) is 2. The number of nitrogens with two attached hydrogens (primary N) is 1. The Morgan fingerprint density at radius 1 is 1.20 bits per heavy atom. The van der Waals surface area contributed by atoms with Crippen LogP contribution in [0.1, 0.15) is 11.6 Å². The van der Waals surface area contributed by atoms with Gasteiger partial charge in [-0.05, 0) is 24.3 Å². The summed E-state index contributed by atoms with van der Waals surface area (Å²) in [5.41, 5.74) is 10.3. The Labute approximate surface area is 115 Å². The Morgan fingerprint density at radius 3 is 2.95 bits per heavy atom. The quantitative estimate of drug-likeness (QED) is 0.705. The number of anilines is 1. The van der Waals surface area contributed by atoms with Gasteiger partial charge in [0.25, 0.3) is 0 Å². The number of amides is 1.